The van der Waals surface area contributed by atoms with Crippen molar-refractivity contribution in [1.29, 1.82) is 0 Å². The topological polar surface area (TPSA) is 88.9 Å². The zero-order valence-corrected chi connectivity index (χ0v) is 11.2. The standard InChI is InChI=1S/C13H15N5O2/c1-9(2)10-3-5-11(6-4-10)16-12(19)13(20)17-18-7-14-15-8-18/h3-9H,1-2H3,(H,16,19)(H,17,20). The van der Waals surface area contributed by atoms with Crippen LogP contribution in [0.15, 0.2) is 36.9 Å². The third-order valence-electron chi connectivity index (χ3n) is 2.69. The van der Waals surface area contributed by atoms with Gasteiger partial charge in [-0.05, 0) is 23.6 Å². The summed E-state index contributed by atoms with van der Waals surface area (Å²) in [5.41, 5.74) is 4.04. The Balaban J connectivity index is 1.95. The molecule has 0 bridgehead atoms. The molecular formula is C13H15N5O2. The van der Waals surface area contributed by atoms with E-state index < -0.39 is 11.8 Å². The number of carbonyl (C=O) groups is 2. The first kappa shape index (κ1) is 13.7. The van der Waals surface area contributed by atoms with Gasteiger partial charge in [0.2, 0.25) is 0 Å². The number of aromatic nitrogens is 3. The second-order valence-electron chi connectivity index (χ2n) is 4.54. The summed E-state index contributed by atoms with van der Waals surface area (Å²) in [6, 6.07) is 7.36. The highest BCUT2D eigenvalue weighted by Gasteiger charge is 2.14. The zero-order valence-electron chi connectivity index (χ0n) is 11.2. The number of anilines is 1. The minimum Gasteiger partial charge on any atom is -0.318 e. The number of hydrogen-bond donors (Lipinski definition) is 2. The van der Waals surface area contributed by atoms with Crippen LogP contribution in [0, 0.1) is 0 Å². The first-order valence-electron chi connectivity index (χ1n) is 6.13. The van der Waals surface area contributed by atoms with Crippen LogP contribution in [0.3, 0.4) is 0 Å². The van der Waals surface area contributed by atoms with E-state index in [0.717, 1.165) is 5.56 Å². The lowest BCUT2D eigenvalue weighted by Crippen LogP contribution is -2.33. The molecule has 0 aliphatic heterocycles. The van der Waals surface area contributed by atoms with Crippen molar-refractivity contribution >= 4 is 17.5 Å². The van der Waals surface area contributed by atoms with Crippen LogP contribution in [0.25, 0.3) is 0 Å². The first-order chi connectivity index (χ1) is 9.56. The Hall–Kier alpha value is -2.70. The average molecular weight is 273 g/mol. The van der Waals surface area contributed by atoms with Crippen molar-refractivity contribution < 1.29 is 9.59 Å². The first-order valence-corrected chi connectivity index (χ1v) is 6.13. The second-order valence-corrected chi connectivity index (χ2v) is 4.54. The summed E-state index contributed by atoms with van der Waals surface area (Å²) in [4.78, 5) is 23.3. The van der Waals surface area contributed by atoms with Gasteiger partial charge in [0.1, 0.15) is 12.7 Å². The summed E-state index contributed by atoms with van der Waals surface area (Å²) in [6.07, 6.45) is 2.56. The van der Waals surface area contributed by atoms with E-state index in [1.165, 1.54) is 17.3 Å². The van der Waals surface area contributed by atoms with E-state index in [1.807, 2.05) is 12.1 Å². The van der Waals surface area contributed by atoms with Crippen molar-refractivity contribution in [3.8, 4) is 0 Å². The quantitative estimate of drug-likeness (QED) is 0.820. The molecule has 7 nitrogen and oxygen atoms in total. The predicted octanol–water partition coefficient (Wildman–Crippen LogP) is 1.11. The maximum Gasteiger partial charge on any atom is 0.328 e. The Bertz CT molecular complexity index is 590. The Labute approximate surface area is 116 Å². The van der Waals surface area contributed by atoms with Gasteiger partial charge in [0.15, 0.2) is 0 Å². The number of nitrogens with one attached hydrogen (secondary N) is 2. The van der Waals surface area contributed by atoms with Gasteiger partial charge < -0.3 is 5.32 Å². The lowest BCUT2D eigenvalue weighted by atomic mass is 10.0. The smallest absolute Gasteiger partial charge is 0.318 e. The molecule has 2 rings (SSSR count). The molecule has 104 valence electrons. The van der Waals surface area contributed by atoms with Crippen LogP contribution in [0.1, 0.15) is 25.3 Å². The molecule has 0 spiro atoms. The number of carbonyl (C=O) groups excluding carboxylic acids is 2. The lowest BCUT2D eigenvalue weighted by Gasteiger charge is -2.08. The fourth-order valence-corrected chi connectivity index (χ4v) is 1.57. The lowest BCUT2D eigenvalue weighted by molar-refractivity contribution is -0.133. The van der Waals surface area contributed by atoms with E-state index in [0.29, 0.717) is 11.6 Å². The van der Waals surface area contributed by atoms with Crippen LogP contribution < -0.4 is 10.7 Å². The number of benzene rings is 1. The highest BCUT2D eigenvalue weighted by molar-refractivity contribution is 6.42. The molecule has 0 unspecified atom stereocenters. The normalized spacial score (nSPS) is 10.3. The fraction of sp³-hybridized carbons (Fsp3) is 0.231. The Kier molecular flexibility index (Phi) is 4.09. The molecule has 1 aromatic carbocycles. The Morgan fingerprint density at radius 1 is 1.05 bits per heavy atom. The van der Waals surface area contributed by atoms with E-state index in [-0.39, 0.29) is 0 Å². The van der Waals surface area contributed by atoms with Gasteiger partial charge in [-0.2, -0.15) is 0 Å². The summed E-state index contributed by atoms with van der Waals surface area (Å²) < 4.78 is 1.20. The van der Waals surface area contributed by atoms with Crippen molar-refractivity contribution in [3.63, 3.8) is 0 Å². The van der Waals surface area contributed by atoms with Crippen LogP contribution in [-0.4, -0.2) is 26.7 Å². The van der Waals surface area contributed by atoms with Gasteiger partial charge in [0, 0.05) is 5.69 Å². The zero-order chi connectivity index (χ0) is 14.5. The Morgan fingerprint density at radius 3 is 2.20 bits per heavy atom. The van der Waals surface area contributed by atoms with Crippen LogP contribution in [0.2, 0.25) is 0 Å². The third-order valence-corrected chi connectivity index (χ3v) is 2.69. The van der Waals surface area contributed by atoms with Crippen molar-refractivity contribution in [2.45, 2.75) is 19.8 Å². The minimum atomic E-state index is -0.794. The van der Waals surface area contributed by atoms with Crippen LogP contribution in [-0.2, 0) is 9.59 Å². The predicted molar refractivity (Wildman–Crippen MR) is 73.6 cm³/mol. The number of rotatable bonds is 3. The highest BCUT2D eigenvalue weighted by Crippen LogP contribution is 2.16. The van der Waals surface area contributed by atoms with Crippen molar-refractivity contribution in [3.05, 3.63) is 42.5 Å². The molecule has 0 saturated carbocycles. The summed E-state index contributed by atoms with van der Waals surface area (Å²) in [5.74, 6) is -1.13. The second kappa shape index (κ2) is 5.96. The fourth-order valence-electron chi connectivity index (χ4n) is 1.57. The van der Waals surface area contributed by atoms with Crippen molar-refractivity contribution in [1.82, 2.24) is 14.9 Å². The molecule has 1 heterocycles. The number of nitrogens with zero attached hydrogens (tertiary/aromatic N) is 3. The summed E-state index contributed by atoms with van der Waals surface area (Å²) >= 11 is 0. The summed E-state index contributed by atoms with van der Waals surface area (Å²) in [5, 5.41) is 9.54. The van der Waals surface area contributed by atoms with Crippen molar-refractivity contribution in [2.24, 2.45) is 0 Å². The summed E-state index contributed by atoms with van der Waals surface area (Å²) in [6.45, 7) is 4.17. The Morgan fingerprint density at radius 2 is 1.65 bits per heavy atom. The van der Waals surface area contributed by atoms with E-state index in [9.17, 15) is 9.59 Å². The van der Waals surface area contributed by atoms with Crippen LogP contribution in [0.5, 0.6) is 0 Å². The molecule has 0 saturated heterocycles. The number of hydrogen-bond acceptors (Lipinski definition) is 4. The molecular weight excluding hydrogens is 258 g/mol. The van der Waals surface area contributed by atoms with E-state index >= 15 is 0 Å². The minimum absolute atomic E-state index is 0.414. The largest absolute Gasteiger partial charge is 0.328 e. The molecule has 0 fully saturated rings. The summed E-state index contributed by atoms with van der Waals surface area (Å²) in [7, 11) is 0. The molecule has 7 heteroatoms. The van der Waals surface area contributed by atoms with Gasteiger partial charge in [-0.25, -0.2) is 4.68 Å². The van der Waals surface area contributed by atoms with Gasteiger partial charge in [0.05, 0.1) is 0 Å². The molecule has 1 aromatic heterocycles. The van der Waals surface area contributed by atoms with E-state index in [1.54, 1.807) is 12.1 Å². The third kappa shape index (κ3) is 3.41. The molecule has 0 aliphatic carbocycles. The monoisotopic (exact) mass is 273 g/mol. The van der Waals surface area contributed by atoms with Gasteiger partial charge in [-0.1, -0.05) is 26.0 Å². The van der Waals surface area contributed by atoms with Gasteiger partial charge >= 0.3 is 11.8 Å². The van der Waals surface area contributed by atoms with E-state index in [2.05, 4.69) is 34.8 Å². The van der Waals surface area contributed by atoms with Crippen LogP contribution >= 0.6 is 0 Å². The average Bonchev–Trinajstić information content (AvgIpc) is 2.92. The molecule has 0 aliphatic rings. The molecule has 2 N–H and O–H groups in total. The SMILES string of the molecule is CC(C)c1ccc(NC(=O)C(=O)Nn2cnnc2)cc1. The van der Waals surface area contributed by atoms with Gasteiger partial charge in [-0.3, -0.25) is 15.0 Å². The number of amides is 2. The van der Waals surface area contributed by atoms with E-state index in [4.69, 9.17) is 0 Å². The molecule has 0 atom stereocenters. The van der Waals surface area contributed by atoms with Gasteiger partial charge in [-0.15, -0.1) is 10.2 Å². The molecule has 20 heavy (non-hydrogen) atoms. The maximum absolute atomic E-state index is 11.7. The molecule has 0 radical (unpaired) electrons. The van der Waals surface area contributed by atoms with Gasteiger partial charge in [0.25, 0.3) is 0 Å². The highest BCUT2D eigenvalue weighted by atomic mass is 16.2. The van der Waals surface area contributed by atoms with Crippen LogP contribution in [0.4, 0.5) is 5.69 Å². The molecule has 2 aromatic rings. The van der Waals surface area contributed by atoms with Crippen molar-refractivity contribution in [2.75, 3.05) is 10.7 Å². The maximum atomic E-state index is 11.7. The molecule has 2 amide bonds.